The van der Waals surface area contributed by atoms with E-state index in [9.17, 15) is 4.79 Å². The molecule has 0 radical (unpaired) electrons. The third-order valence-electron chi connectivity index (χ3n) is 4.39. The van der Waals surface area contributed by atoms with Crippen LogP contribution in [0.15, 0.2) is 36.5 Å². The molecule has 1 fully saturated rings. The summed E-state index contributed by atoms with van der Waals surface area (Å²) in [5.74, 6) is 1.03. The molecule has 7 heteroatoms. The summed E-state index contributed by atoms with van der Waals surface area (Å²) in [6.07, 6.45) is 0.523. The van der Waals surface area contributed by atoms with Gasteiger partial charge in [-0.05, 0) is 29.2 Å². The summed E-state index contributed by atoms with van der Waals surface area (Å²) in [5.41, 5.74) is 2.03. The van der Waals surface area contributed by atoms with Crippen LogP contribution in [0.3, 0.4) is 0 Å². The number of carbonyl (C=O) groups is 1. The first-order valence-corrected chi connectivity index (χ1v) is 9.13. The number of ether oxygens (including phenoxy) is 2. The highest BCUT2D eigenvalue weighted by molar-refractivity contribution is 6.31. The van der Waals surface area contributed by atoms with Gasteiger partial charge < -0.3 is 14.6 Å². The molecule has 1 aromatic heterocycles. The number of aromatic nitrogens is 1. The lowest BCUT2D eigenvalue weighted by atomic mass is 9.84. The van der Waals surface area contributed by atoms with Crippen molar-refractivity contribution >= 4 is 23.5 Å². The van der Waals surface area contributed by atoms with E-state index >= 15 is 0 Å². The molecule has 6 nitrogen and oxygen atoms in total. The smallest absolute Gasteiger partial charge is 0.416 e. The molecule has 1 atom stereocenters. The topological polar surface area (TPSA) is 71.9 Å². The van der Waals surface area contributed by atoms with E-state index in [-0.39, 0.29) is 18.6 Å². The summed E-state index contributed by atoms with van der Waals surface area (Å²) in [7, 11) is 0. The van der Waals surface area contributed by atoms with Gasteiger partial charge in [0.1, 0.15) is 24.3 Å². The fourth-order valence-corrected chi connectivity index (χ4v) is 3.21. The molecule has 1 saturated heterocycles. The third kappa shape index (κ3) is 4.34. The maximum atomic E-state index is 11.8. The van der Waals surface area contributed by atoms with E-state index in [1.807, 2.05) is 12.1 Å². The van der Waals surface area contributed by atoms with Gasteiger partial charge in [-0.2, -0.15) is 0 Å². The van der Waals surface area contributed by atoms with Crippen LogP contribution in [-0.4, -0.2) is 35.4 Å². The van der Waals surface area contributed by atoms with Crippen molar-refractivity contribution in [3.8, 4) is 5.75 Å². The van der Waals surface area contributed by atoms with Gasteiger partial charge >= 0.3 is 6.09 Å². The molecule has 1 amide bonds. The van der Waals surface area contributed by atoms with Crippen LogP contribution in [0.1, 0.15) is 31.9 Å². The number of aliphatic hydroxyl groups excluding tert-OH is 1. The predicted octanol–water partition coefficient (Wildman–Crippen LogP) is 3.93. The van der Waals surface area contributed by atoms with E-state index in [1.54, 1.807) is 18.3 Å². The largest absolute Gasteiger partial charge is 0.487 e. The lowest BCUT2D eigenvalue weighted by Crippen LogP contribution is -2.26. The van der Waals surface area contributed by atoms with Crippen molar-refractivity contribution in [3.63, 3.8) is 0 Å². The molecule has 2 heterocycles. The van der Waals surface area contributed by atoms with E-state index in [0.29, 0.717) is 23.2 Å². The molecule has 1 aliphatic heterocycles. The lowest BCUT2D eigenvalue weighted by Gasteiger charge is -2.24. The van der Waals surface area contributed by atoms with Crippen molar-refractivity contribution in [2.45, 2.75) is 38.9 Å². The van der Waals surface area contributed by atoms with Crippen LogP contribution in [0, 0.1) is 0 Å². The Morgan fingerprint density at radius 3 is 2.70 bits per heavy atom. The fraction of sp³-hybridized carbons (Fsp3) is 0.400. The number of carbonyl (C=O) groups excluding carboxylic acids is 1. The standard InChI is InChI=1S/C20H23ClN2O4/c1-20(2,3)16-5-4-6-17(21)15(16)12-26-13-7-8-18(22-9-13)23-10-14(11-24)27-19(23)25/h4-9,14,24H,10-12H2,1-3H3. The number of hydrogen-bond donors (Lipinski definition) is 1. The molecule has 27 heavy (non-hydrogen) atoms. The molecule has 0 bridgehead atoms. The Hall–Kier alpha value is -2.31. The molecule has 0 aliphatic carbocycles. The zero-order valence-electron chi connectivity index (χ0n) is 15.6. The first-order valence-electron chi connectivity index (χ1n) is 8.75. The maximum absolute atomic E-state index is 11.8. The van der Waals surface area contributed by atoms with Crippen molar-refractivity contribution in [1.29, 1.82) is 0 Å². The number of cyclic esters (lactones) is 1. The maximum Gasteiger partial charge on any atom is 0.416 e. The second kappa shape index (κ2) is 7.74. The zero-order chi connectivity index (χ0) is 19.6. The van der Waals surface area contributed by atoms with Crippen molar-refractivity contribution in [3.05, 3.63) is 52.7 Å². The first kappa shape index (κ1) is 19.5. The second-order valence-electron chi connectivity index (χ2n) is 7.46. The number of aliphatic hydroxyl groups is 1. The van der Waals surface area contributed by atoms with Crippen molar-refractivity contribution in [2.75, 3.05) is 18.1 Å². The fourth-order valence-electron chi connectivity index (χ4n) is 2.98. The van der Waals surface area contributed by atoms with E-state index in [0.717, 1.165) is 11.1 Å². The highest BCUT2D eigenvalue weighted by atomic mass is 35.5. The predicted molar refractivity (Wildman–Crippen MR) is 103 cm³/mol. The molecule has 1 N–H and O–H groups in total. The molecule has 1 unspecified atom stereocenters. The van der Waals surface area contributed by atoms with Crippen molar-refractivity contribution < 1.29 is 19.4 Å². The number of pyridine rings is 1. The minimum Gasteiger partial charge on any atom is -0.487 e. The van der Waals surface area contributed by atoms with Crippen molar-refractivity contribution in [2.24, 2.45) is 0 Å². The highest BCUT2D eigenvalue weighted by Crippen LogP contribution is 2.31. The minimum absolute atomic E-state index is 0.0505. The molecule has 1 aliphatic rings. The lowest BCUT2D eigenvalue weighted by molar-refractivity contribution is 0.0963. The van der Waals surface area contributed by atoms with Crippen LogP contribution >= 0.6 is 11.6 Å². The summed E-state index contributed by atoms with van der Waals surface area (Å²) >= 11 is 6.38. The molecular formula is C20H23ClN2O4. The summed E-state index contributed by atoms with van der Waals surface area (Å²) in [4.78, 5) is 17.5. The Morgan fingerprint density at radius 1 is 1.33 bits per heavy atom. The summed E-state index contributed by atoms with van der Waals surface area (Å²) in [5, 5.41) is 9.79. The molecule has 144 valence electrons. The number of rotatable bonds is 5. The monoisotopic (exact) mass is 390 g/mol. The number of anilines is 1. The van der Waals surface area contributed by atoms with Gasteiger partial charge in [0.2, 0.25) is 0 Å². The number of hydrogen-bond acceptors (Lipinski definition) is 5. The van der Waals surface area contributed by atoms with Crippen LogP contribution in [-0.2, 0) is 16.8 Å². The average Bonchev–Trinajstić information content (AvgIpc) is 3.01. The number of halogens is 1. The molecular weight excluding hydrogens is 368 g/mol. The number of amides is 1. The van der Waals surface area contributed by atoms with Crippen LogP contribution in [0.4, 0.5) is 10.6 Å². The second-order valence-corrected chi connectivity index (χ2v) is 7.86. The Labute approximate surface area is 163 Å². The average molecular weight is 391 g/mol. The van der Waals surface area contributed by atoms with Gasteiger partial charge in [0.05, 0.1) is 19.3 Å². The zero-order valence-corrected chi connectivity index (χ0v) is 16.4. The third-order valence-corrected chi connectivity index (χ3v) is 4.74. The Balaban J connectivity index is 1.71. The van der Waals surface area contributed by atoms with Gasteiger partial charge in [-0.1, -0.05) is 44.5 Å². The normalized spacial score (nSPS) is 17.1. The van der Waals surface area contributed by atoms with E-state index in [4.69, 9.17) is 26.2 Å². The molecule has 3 rings (SSSR count). The molecule has 0 saturated carbocycles. The van der Waals surface area contributed by atoms with Crippen LogP contribution in [0.2, 0.25) is 5.02 Å². The van der Waals surface area contributed by atoms with Crippen molar-refractivity contribution in [1.82, 2.24) is 4.98 Å². The van der Waals surface area contributed by atoms with Crippen LogP contribution < -0.4 is 9.64 Å². The van der Waals surface area contributed by atoms with Crippen LogP contribution in [0.25, 0.3) is 0 Å². The van der Waals surface area contributed by atoms with E-state index < -0.39 is 12.2 Å². The van der Waals surface area contributed by atoms with Gasteiger partial charge in [0.15, 0.2) is 0 Å². The minimum atomic E-state index is -0.522. The van der Waals surface area contributed by atoms with Gasteiger partial charge in [-0.3, -0.25) is 4.90 Å². The summed E-state index contributed by atoms with van der Waals surface area (Å²) in [6.45, 7) is 6.79. The SMILES string of the molecule is CC(C)(C)c1cccc(Cl)c1COc1ccc(N2CC(CO)OC2=O)nc1. The van der Waals surface area contributed by atoms with Gasteiger partial charge in [0, 0.05) is 10.6 Å². The molecule has 2 aromatic rings. The first-order chi connectivity index (χ1) is 12.8. The Morgan fingerprint density at radius 2 is 2.11 bits per heavy atom. The van der Waals surface area contributed by atoms with E-state index in [1.165, 1.54) is 4.90 Å². The molecule has 0 spiro atoms. The van der Waals surface area contributed by atoms with E-state index in [2.05, 4.69) is 31.8 Å². The van der Waals surface area contributed by atoms with Gasteiger partial charge in [0.25, 0.3) is 0 Å². The van der Waals surface area contributed by atoms with Gasteiger partial charge in [-0.15, -0.1) is 0 Å². The van der Waals surface area contributed by atoms with Crippen LogP contribution in [0.5, 0.6) is 5.75 Å². The summed E-state index contributed by atoms with van der Waals surface area (Å²) in [6, 6.07) is 9.29. The Bertz CT molecular complexity index is 818. The molecule has 1 aromatic carbocycles. The highest BCUT2D eigenvalue weighted by Gasteiger charge is 2.32. The quantitative estimate of drug-likeness (QED) is 0.837. The number of nitrogens with zero attached hydrogens (tertiary/aromatic N) is 2. The Kier molecular flexibility index (Phi) is 5.58. The van der Waals surface area contributed by atoms with Gasteiger partial charge in [-0.25, -0.2) is 9.78 Å². The summed E-state index contributed by atoms with van der Waals surface area (Å²) < 4.78 is 10.9. The number of benzene rings is 1.